The van der Waals surface area contributed by atoms with Gasteiger partial charge in [-0.05, 0) is 30.3 Å². The SMILES string of the molecule is C=CC(=O)Nc1ccnc(-c2cccc3cnc(Nc4ccc(N5CCO[C@@H](CO)C5)nc4OC)nc23)c1. The zero-order chi connectivity index (χ0) is 26.5. The van der Waals surface area contributed by atoms with E-state index in [9.17, 15) is 9.90 Å². The zero-order valence-corrected chi connectivity index (χ0v) is 20.8. The molecule has 1 fully saturated rings. The summed E-state index contributed by atoms with van der Waals surface area (Å²) in [4.78, 5) is 32.1. The van der Waals surface area contributed by atoms with Crippen molar-refractivity contribution < 1.29 is 19.4 Å². The Kier molecular flexibility index (Phi) is 7.38. The number of aliphatic hydroxyl groups is 1. The fourth-order valence-electron chi connectivity index (χ4n) is 4.19. The van der Waals surface area contributed by atoms with Gasteiger partial charge in [0, 0.05) is 42.1 Å². The van der Waals surface area contributed by atoms with E-state index in [1.54, 1.807) is 31.6 Å². The lowest BCUT2D eigenvalue weighted by atomic mass is 10.1. The summed E-state index contributed by atoms with van der Waals surface area (Å²) in [5.74, 6) is 1.18. The molecule has 3 aromatic heterocycles. The maximum atomic E-state index is 11.7. The maximum absolute atomic E-state index is 11.7. The van der Waals surface area contributed by atoms with Gasteiger partial charge in [0.25, 0.3) is 0 Å². The van der Waals surface area contributed by atoms with Gasteiger partial charge < -0.3 is 30.1 Å². The van der Waals surface area contributed by atoms with Crippen LogP contribution in [-0.2, 0) is 9.53 Å². The lowest BCUT2D eigenvalue weighted by molar-refractivity contribution is -0.111. The van der Waals surface area contributed by atoms with Crippen molar-refractivity contribution in [3.8, 4) is 17.1 Å². The van der Waals surface area contributed by atoms with E-state index in [2.05, 4.69) is 32.2 Å². The second kappa shape index (κ2) is 11.2. The van der Waals surface area contributed by atoms with Gasteiger partial charge in [0.15, 0.2) is 0 Å². The van der Waals surface area contributed by atoms with Crippen LogP contribution in [0.5, 0.6) is 5.88 Å². The first-order chi connectivity index (χ1) is 18.6. The number of benzene rings is 1. The molecule has 3 N–H and O–H groups in total. The summed E-state index contributed by atoms with van der Waals surface area (Å²) in [6.45, 7) is 5.17. The van der Waals surface area contributed by atoms with E-state index in [0.29, 0.717) is 54.1 Å². The number of anilines is 4. The number of fused-ring (bicyclic) bond motifs is 1. The molecule has 0 saturated carbocycles. The molecule has 1 atom stereocenters. The second-order valence-corrected chi connectivity index (χ2v) is 8.53. The molecular formula is C27H27N7O4. The second-order valence-electron chi connectivity index (χ2n) is 8.53. The van der Waals surface area contributed by atoms with Crippen molar-refractivity contribution in [2.45, 2.75) is 6.10 Å². The summed E-state index contributed by atoms with van der Waals surface area (Å²) in [6.07, 6.45) is 4.32. The normalized spacial score (nSPS) is 15.2. The number of rotatable bonds is 8. The molecule has 4 heterocycles. The Morgan fingerprint density at radius 3 is 2.97 bits per heavy atom. The highest BCUT2D eigenvalue weighted by molar-refractivity contribution is 5.99. The first kappa shape index (κ1) is 25.1. The van der Waals surface area contributed by atoms with Gasteiger partial charge in [-0.3, -0.25) is 9.78 Å². The van der Waals surface area contributed by atoms with Crippen LogP contribution in [0.15, 0.2) is 67.5 Å². The number of ether oxygens (including phenoxy) is 2. The fourth-order valence-corrected chi connectivity index (χ4v) is 4.19. The Bertz CT molecular complexity index is 1480. The van der Waals surface area contributed by atoms with E-state index < -0.39 is 0 Å². The molecule has 1 amide bonds. The molecule has 0 aliphatic carbocycles. The van der Waals surface area contributed by atoms with Crippen molar-refractivity contribution in [3.63, 3.8) is 0 Å². The summed E-state index contributed by atoms with van der Waals surface area (Å²) < 4.78 is 11.1. The van der Waals surface area contributed by atoms with Crippen LogP contribution < -0.4 is 20.3 Å². The van der Waals surface area contributed by atoms with Crippen LogP contribution in [0, 0.1) is 0 Å². The largest absolute Gasteiger partial charge is 0.479 e. The van der Waals surface area contributed by atoms with E-state index in [1.165, 1.54) is 6.08 Å². The van der Waals surface area contributed by atoms with E-state index in [4.69, 9.17) is 14.5 Å². The lowest BCUT2D eigenvalue weighted by Gasteiger charge is -2.33. The molecule has 1 saturated heterocycles. The van der Waals surface area contributed by atoms with Gasteiger partial charge in [0.1, 0.15) is 11.5 Å². The quantitative estimate of drug-likeness (QED) is 0.302. The van der Waals surface area contributed by atoms with E-state index in [-0.39, 0.29) is 18.6 Å². The molecule has 38 heavy (non-hydrogen) atoms. The zero-order valence-electron chi connectivity index (χ0n) is 20.8. The molecule has 4 aromatic rings. The van der Waals surface area contributed by atoms with Crippen molar-refractivity contribution in [2.75, 3.05) is 48.9 Å². The van der Waals surface area contributed by atoms with Crippen LogP contribution >= 0.6 is 0 Å². The molecule has 0 bridgehead atoms. The van der Waals surface area contributed by atoms with E-state index in [1.807, 2.05) is 35.2 Å². The van der Waals surface area contributed by atoms with Gasteiger partial charge >= 0.3 is 0 Å². The third kappa shape index (κ3) is 5.38. The minimum atomic E-state index is -0.302. The number of para-hydroxylation sites is 1. The predicted octanol–water partition coefficient (Wildman–Crippen LogP) is 3.16. The topological polar surface area (TPSA) is 135 Å². The van der Waals surface area contributed by atoms with Crippen LogP contribution in [0.25, 0.3) is 22.2 Å². The number of methoxy groups -OCH3 is 1. The number of morpholine rings is 1. The van der Waals surface area contributed by atoms with E-state index in [0.717, 1.165) is 16.8 Å². The number of pyridine rings is 2. The van der Waals surface area contributed by atoms with Crippen LogP contribution in [0.3, 0.4) is 0 Å². The fraction of sp³-hybridized carbons (Fsp3) is 0.222. The predicted molar refractivity (Wildman–Crippen MR) is 145 cm³/mol. The highest BCUT2D eigenvalue weighted by Crippen LogP contribution is 2.31. The van der Waals surface area contributed by atoms with Crippen LogP contribution in [0.2, 0.25) is 0 Å². The molecule has 5 rings (SSSR count). The van der Waals surface area contributed by atoms with Crippen molar-refractivity contribution in [2.24, 2.45) is 0 Å². The number of carbonyl (C=O) groups is 1. The number of aromatic nitrogens is 4. The average Bonchev–Trinajstić information content (AvgIpc) is 2.97. The van der Waals surface area contributed by atoms with Gasteiger partial charge in [-0.15, -0.1) is 0 Å². The summed E-state index contributed by atoms with van der Waals surface area (Å²) in [7, 11) is 1.55. The molecule has 194 valence electrons. The Morgan fingerprint density at radius 2 is 2.16 bits per heavy atom. The first-order valence-corrected chi connectivity index (χ1v) is 12.0. The molecule has 0 spiro atoms. The Labute approximate surface area is 219 Å². The number of hydrogen-bond acceptors (Lipinski definition) is 10. The summed E-state index contributed by atoms with van der Waals surface area (Å²) >= 11 is 0. The third-order valence-electron chi connectivity index (χ3n) is 6.05. The minimum Gasteiger partial charge on any atom is -0.479 e. The molecule has 0 unspecified atom stereocenters. The Hall–Kier alpha value is -4.61. The highest BCUT2D eigenvalue weighted by atomic mass is 16.5. The van der Waals surface area contributed by atoms with Crippen LogP contribution in [0.4, 0.5) is 23.1 Å². The number of amides is 1. The van der Waals surface area contributed by atoms with E-state index >= 15 is 0 Å². The number of nitrogens with zero attached hydrogens (tertiary/aromatic N) is 5. The number of carbonyl (C=O) groups excluding carboxylic acids is 1. The van der Waals surface area contributed by atoms with Gasteiger partial charge in [0.05, 0.1) is 37.6 Å². The first-order valence-electron chi connectivity index (χ1n) is 12.0. The van der Waals surface area contributed by atoms with Gasteiger partial charge in [-0.25, -0.2) is 9.97 Å². The number of aliphatic hydroxyl groups excluding tert-OH is 1. The lowest BCUT2D eigenvalue weighted by Crippen LogP contribution is -2.44. The monoisotopic (exact) mass is 513 g/mol. The van der Waals surface area contributed by atoms with Gasteiger partial charge in [0.2, 0.25) is 17.7 Å². The minimum absolute atomic E-state index is 0.0438. The van der Waals surface area contributed by atoms with Crippen molar-refractivity contribution >= 4 is 40.0 Å². The molecule has 11 heteroatoms. The van der Waals surface area contributed by atoms with Gasteiger partial charge in [-0.1, -0.05) is 24.8 Å². The van der Waals surface area contributed by atoms with Crippen LogP contribution in [-0.4, -0.2) is 70.5 Å². The number of hydrogen-bond donors (Lipinski definition) is 3. The smallest absolute Gasteiger partial charge is 0.247 e. The van der Waals surface area contributed by atoms with Crippen molar-refractivity contribution in [1.29, 1.82) is 0 Å². The molecule has 0 radical (unpaired) electrons. The maximum Gasteiger partial charge on any atom is 0.247 e. The Balaban J connectivity index is 1.44. The van der Waals surface area contributed by atoms with Crippen molar-refractivity contribution in [3.05, 3.63) is 67.5 Å². The number of nitrogens with one attached hydrogen (secondary N) is 2. The molecule has 1 aromatic carbocycles. The molecule has 1 aliphatic heterocycles. The Morgan fingerprint density at radius 1 is 1.26 bits per heavy atom. The van der Waals surface area contributed by atoms with Crippen molar-refractivity contribution in [1.82, 2.24) is 19.9 Å². The summed E-state index contributed by atoms with van der Waals surface area (Å²) in [6, 6.07) is 13.0. The van der Waals surface area contributed by atoms with Gasteiger partial charge in [-0.2, -0.15) is 4.98 Å². The molecule has 11 nitrogen and oxygen atoms in total. The average molecular weight is 514 g/mol. The van der Waals surface area contributed by atoms with Crippen LogP contribution in [0.1, 0.15) is 0 Å². The third-order valence-corrected chi connectivity index (χ3v) is 6.05. The molecular weight excluding hydrogens is 486 g/mol. The summed E-state index contributed by atoms with van der Waals surface area (Å²) in [5.41, 5.74) is 3.33. The standard InChI is InChI=1S/C27H27N7O4/c1-3-24(36)30-18-9-10-28-22(13-18)20-6-4-5-17-14-29-27(33-25(17)20)31-21-7-8-23(32-26(21)37-2)34-11-12-38-19(15-34)16-35/h3-10,13-14,19,35H,1,11-12,15-16H2,2H3,(H,28,30,36)(H,29,31,33)/t19-/m1/s1. The summed E-state index contributed by atoms with van der Waals surface area (Å²) in [5, 5.41) is 16.2. The highest BCUT2D eigenvalue weighted by Gasteiger charge is 2.22. The molecule has 1 aliphatic rings.